The van der Waals surface area contributed by atoms with Crippen LogP contribution in [0.1, 0.15) is 11.1 Å². The summed E-state index contributed by atoms with van der Waals surface area (Å²) >= 11 is 3.37. The maximum atomic E-state index is 9.34. The molecule has 0 bridgehead atoms. The van der Waals surface area contributed by atoms with E-state index in [0.717, 1.165) is 10.0 Å². The molecule has 0 aromatic heterocycles. The summed E-state index contributed by atoms with van der Waals surface area (Å²) < 4.78 is 11.9. The van der Waals surface area contributed by atoms with Gasteiger partial charge < -0.3 is 19.7 Å². The van der Waals surface area contributed by atoms with Crippen molar-refractivity contribution in [2.45, 2.75) is 13.2 Å². The van der Waals surface area contributed by atoms with Gasteiger partial charge in [0, 0.05) is 10.0 Å². The molecule has 0 unspecified atom stereocenters. The zero-order valence-corrected chi connectivity index (χ0v) is 12.6. The topological polar surface area (TPSA) is 58.9 Å². The SMILES string of the molecule is COc1cc(CO)ccc1Oc1cc(Br)ccc1CO. The molecule has 2 aromatic rings. The van der Waals surface area contributed by atoms with Crippen molar-refractivity contribution in [3.05, 3.63) is 52.0 Å². The van der Waals surface area contributed by atoms with Crippen LogP contribution in [0.4, 0.5) is 0 Å². The molecule has 0 aliphatic carbocycles. The van der Waals surface area contributed by atoms with Crippen LogP contribution in [-0.2, 0) is 13.2 Å². The first kappa shape index (κ1) is 14.8. The molecule has 2 N–H and O–H groups in total. The number of aliphatic hydroxyl groups excluding tert-OH is 2. The van der Waals surface area contributed by atoms with Crippen molar-refractivity contribution in [1.29, 1.82) is 0 Å². The highest BCUT2D eigenvalue weighted by Gasteiger charge is 2.10. The molecule has 0 amide bonds. The number of hydrogen-bond acceptors (Lipinski definition) is 4. The number of halogens is 1. The van der Waals surface area contributed by atoms with Gasteiger partial charge in [0.25, 0.3) is 0 Å². The fraction of sp³-hybridized carbons (Fsp3) is 0.200. The Bertz CT molecular complexity index is 598. The average molecular weight is 339 g/mol. The summed E-state index contributed by atoms with van der Waals surface area (Å²) in [5.74, 6) is 1.61. The Balaban J connectivity index is 2.36. The first-order valence-electron chi connectivity index (χ1n) is 6.03. The van der Waals surface area contributed by atoms with E-state index in [-0.39, 0.29) is 13.2 Å². The van der Waals surface area contributed by atoms with Crippen LogP contribution in [0.2, 0.25) is 0 Å². The Morgan fingerprint density at radius 3 is 2.40 bits per heavy atom. The van der Waals surface area contributed by atoms with E-state index in [1.165, 1.54) is 7.11 Å². The van der Waals surface area contributed by atoms with Gasteiger partial charge in [-0.3, -0.25) is 0 Å². The van der Waals surface area contributed by atoms with Crippen LogP contribution in [0.25, 0.3) is 0 Å². The number of benzene rings is 2. The first-order chi connectivity index (χ1) is 9.67. The quantitative estimate of drug-likeness (QED) is 0.878. The smallest absolute Gasteiger partial charge is 0.169 e. The van der Waals surface area contributed by atoms with Crippen molar-refractivity contribution >= 4 is 15.9 Å². The molecular formula is C15H15BrO4. The Morgan fingerprint density at radius 1 is 0.950 bits per heavy atom. The third-order valence-corrected chi connectivity index (χ3v) is 3.32. The second-order valence-corrected chi connectivity index (χ2v) is 5.07. The highest BCUT2D eigenvalue weighted by Crippen LogP contribution is 2.35. The molecule has 0 saturated heterocycles. The van der Waals surface area contributed by atoms with Crippen LogP contribution >= 0.6 is 15.9 Å². The molecule has 4 nitrogen and oxygen atoms in total. The molecule has 0 spiro atoms. The van der Waals surface area contributed by atoms with Gasteiger partial charge >= 0.3 is 0 Å². The second kappa shape index (κ2) is 6.74. The predicted octanol–water partition coefficient (Wildman–Crippen LogP) is 3.23. The van der Waals surface area contributed by atoms with Crippen molar-refractivity contribution in [1.82, 2.24) is 0 Å². The average Bonchev–Trinajstić information content (AvgIpc) is 2.48. The summed E-state index contributed by atoms with van der Waals surface area (Å²) in [6.45, 7) is -0.172. The van der Waals surface area contributed by atoms with Gasteiger partial charge in [-0.2, -0.15) is 0 Å². The van der Waals surface area contributed by atoms with E-state index in [1.807, 2.05) is 6.07 Å². The van der Waals surface area contributed by atoms with Gasteiger partial charge in [-0.05, 0) is 29.8 Å². The highest BCUT2D eigenvalue weighted by atomic mass is 79.9. The summed E-state index contributed by atoms with van der Waals surface area (Å²) in [7, 11) is 1.54. The van der Waals surface area contributed by atoms with Gasteiger partial charge in [-0.1, -0.05) is 28.1 Å². The molecule has 0 saturated carbocycles. The van der Waals surface area contributed by atoms with E-state index in [4.69, 9.17) is 14.6 Å². The van der Waals surface area contributed by atoms with Gasteiger partial charge in [0.2, 0.25) is 0 Å². The van der Waals surface area contributed by atoms with E-state index in [1.54, 1.807) is 30.3 Å². The third-order valence-electron chi connectivity index (χ3n) is 2.83. The van der Waals surface area contributed by atoms with Crippen LogP contribution < -0.4 is 9.47 Å². The molecule has 5 heteroatoms. The normalized spacial score (nSPS) is 10.4. The molecule has 0 heterocycles. The molecular weight excluding hydrogens is 324 g/mol. The van der Waals surface area contributed by atoms with Crippen molar-refractivity contribution in [3.63, 3.8) is 0 Å². The number of ether oxygens (including phenoxy) is 2. The lowest BCUT2D eigenvalue weighted by molar-refractivity contribution is 0.275. The van der Waals surface area contributed by atoms with Crippen LogP contribution in [-0.4, -0.2) is 17.3 Å². The molecule has 2 rings (SSSR count). The van der Waals surface area contributed by atoms with E-state index >= 15 is 0 Å². The Kier molecular flexibility index (Phi) is 5.00. The summed E-state index contributed by atoms with van der Waals surface area (Å²) in [5.41, 5.74) is 1.42. The van der Waals surface area contributed by atoms with Crippen molar-refractivity contribution in [3.8, 4) is 17.2 Å². The van der Waals surface area contributed by atoms with Crippen LogP contribution in [0, 0.1) is 0 Å². The summed E-state index contributed by atoms with van der Waals surface area (Å²) in [6, 6.07) is 10.6. The molecule has 0 atom stereocenters. The lowest BCUT2D eigenvalue weighted by Crippen LogP contribution is -1.95. The summed E-state index contributed by atoms with van der Waals surface area (Å²) in [4.78, 5) is 0. The molecule has 0 radical (unpaired) electrons. The Labute approximate surface area is 125 Å². The minimum atomic E-state index is -0.111. The van der Waals surface area contributed by atoms with Gasteiger partial charge in [0.15, 0.2) is 11.5 Å². The number of methoxy groups -OCH3 is 1. The Morgan fingerprint density at radius 2 is 1.75 bits per heavy atom. The standard InChI is InChI=1S/C15H15BrO4/c1-19-15-6-10(8-17)2-5-13(15)20-14-7-12(16)4-3-11(14)9-18/h2-7,17-18H,8-9H2,1H3. The van der Waals surface area contributed by atoms with Crippen molar-refractivity contribution in [2.75, 3.05) is 7.11 Å². The minimum Gasteiger partial charge on any atom is -0.493 e. The Hall–Kier alpha value is -1.56. The fourth-order valence-corrected chi connectivity index (χ4v) is 2.11. The van der Waals surface area contributed by atoms with Crippen molar-refractivity contribution < 1.29 is 19.7 Å². The molecule has 0 aliphatic rings. The highest BCUT2D eigenvalue weighted by molar-refractivity contribution is 9.10. The first-order valence-corrected chi connectivity index (χ1v) is 6.82. The molecule has 106 valence electrons. The molecule has 20 heavy (non-hydrogen) atoms. The van der Waals surface area contributed by atoms with E-state index in [0.29, 0.717) is 22.8 Å². The van der Waals surface area contributed by atoms with Gasteiger partial charge in [0.1, 0.15) is 5.75 Å². The summed E-state index contributed by atoms with van der Waals surface area (Å²) in [5, 5.41) is 18.5. The maximum absolute atomic E-state index is 9.34. The van der Waals surface area contributed by atoms with Gasteiger partial charge in [-0.15, -0.1) is 0 Å². The van der Waals surface area contributed by atoms with Gasteiger partial charge in [-0.25, -0.2) is 0 Å². The van der Waals surface area contributed by atoms with E-state index in [2.05, 4.69) is 15.9 Å². The van der Waals surface area contributed by atoms with Gasteiger partial charge in [0.05, 0.1) is 20.3 Å². The van der Waals surface area contributed by atoms with E-state index in [9.17, 15) is 5.11 Å². The molecule has 0 aliphatic heterocycles. The van der Waals surface area contributed by atoms with Crippen LogP contribution in [0.3, 0.4) is 0 Å². The predicted molar refractivity (Wildman–Crippen MR) is 79.1 cm³/mol. The lowest BCUT2D eigenvalue weighted by Gasteiger charge is -2.14. The molecule has 2 aromatic carbocycles. The zero-order chi connectivity index (χ0) is 14.5. The minimum absolute atomic E-state index is 0.0601. The number of rotatable bonds is 5. The molecule has 0 fully saturated rings. The van der Waals surface area contributed by atoms with Crippen LogP contribution in [0.5, 0.6) is 17.2 Å². The van der Waals surface area contributed by atoms with Crippen molar-refractivity contribution in [2.24, 2.45) is 0 Å². The lowest BCUT2D eigenvalue weighted by atomic mass is 10.2. The maximum Gasteiger partial charge on any atom is 0.169 e. The third kappa shape index (κ3) is 3.30. The number of aliphatic hydroxyl groups is 2. The second-order valence-electron chi connectivity index (χ2n) is 4.16. The largest absolute Gasteiger partial charge is 0.493 e. The van der Waals surface area contributed by atoms with Crippen LogP contribution in [0.15, 0.2) is 40.9 Å². The monoisotopic (exact) mass is 338 g/mol. The van der Waals surface area contributed by atoms with E-state index < -0.39 is 0 Å². The fourth-order valence-electron chi connectivity index (χ4n) is 1.77. The number of hydrogen-bond donors (Lipinski definition) is 2. The zero-order valence-electron chi connectivity index (χ0n) is 11.0. The summed E-state index contributed by atoms with van der Waals surface area (Å²) in [6.07, 6.45) is 0.